The minimum atomic E-state index is -0.0806. The van der Waals surface area contributed by atoms with Gasteiger partial charge >= 0.3 is 0 Å². The van der Waals surface area contributed by atoms with E-state index in [-0.39, 0.29) is 18.3 Å². The van der Waals surface area contributed by atoms with E-state index in [0.717, 1.165) is 29.7 Å². The molecule has 46 heavy (non-hydrogen) atoms. The summed E-state index contributed by atoms with van der Waals surface area (Å²) in [6.45, 7) is 7.08. The highest BCUT2D eigenvalue weighted by Gasteiger charge is 2.18. The van der Waals surface area contributed by atoms with Gasteiger partial charge in [-0.15, -0.1) is 0 Å². The normalized spacial score (nSPS) is 11.5. The lowest BCUT2D eigenvalue weighted by Crippen LogP contribution is -2.24. The molecule has 0 aliphatic rings. The molecule has 0 atom stereocenters. The molecule has 0 fully saturated rings. The number of nitrogens with two attached hydrogens (primary N) is 2. The van der Waals surface area contributed by atoms with Crippen LogP contribution in [0.3, 0.4) is 0 Å². The number of nitrogens with one attached hydrogen (secondary N) is 1. The average Bonchev–Trinajstić information content (AvgIpc) is 3.62. The van der Waals surface area contributed by atoms with Crippen molar-refractivity contribution in [2.75, 3.05) is 64.3 Å². The second-order valence-corrected chi connectivity index (χ2v) is 10.5. The van der Waals surface area contributed by atoms with E-state index >= 15 is 0 Å². The number of aromatic nitrogens is 5. The molecule has 0 bridgehead atoms. The van der Waals surface area contributed by atoms with Crippen LogP contribution in [-0.4, -0.2) is 83.5 Å². The smallest absolute Gasteiger partial charge is 0.292 e. The zero-order chi connectivity index (χ0) is 32.1. The maximum atomic E-state index is 12.3. The number of rotatable bonds is 19. The van der Waals surface area contributed by atoms with Crippen LogP contribution in [0.15, 0.2) is 53.2 Å². The SMILES string of the molecule is CCCOCCOCCOCCOCCC(=O)NCc1ccc(Cn2nc(-c3ccc4oc(N)nc4c3)c3c(N)ncnc32)cc1. The minimum absolute atomic E-state index is 0.0806. The van der Waals surface area contributed by atoms with Crippen LogP contribution < -0.4 is 16.8 Å². The van der Waals surface area contributed by atoms with Crippen LogP contribution in [0.2, 0.25) is 0 Å². The number of hydrogen-bond acceptors (Lipinski definition) is 12. The first-order chi connectivity index (χ1) is 22.5. The van der Waals surface area contributed by atoms with Gasteiger partial charge in [0.1, 0.15) is 23.4 Å². The molecule has 0 unspecified atom stereocenters. The summed E-state index contributed by atoms with van der Waals surface area (Å²) >= 11 is 0. The molecule has 0 radical (unpaired) electrons. The molecule has 0 aliphatic carbocycles. The fourth-order valence-corrected chi connectivity index (χ4v) is 4.73. The van der Waals surface area contributed by atoms with E-state index in [0.29, 0.717) is 93.0 Å². The van der Waals surface area contributed by atoms with Crippen LogP contribution >= 0.6 is 0 Å². The number of nitrogen functional groups attached to an aromatic ring is 2. The van der Waals surface area contributed by atoms with Crippen LogP contribution in [0, 0.1) is 0 Å². The monoisotopic (exact) mass is 632 g/mol. The summed E-state index contributed by atoms with van der Waals surface area (Å²) in [5, 5.41) is 8.43. The number of carbonyl (C=O) groups is 1. The van der Waals surface area contributed by atoms with Gasteiger partial charge in [0.25, 0.3) is 6.01 Å². The van der Waals surface area contributed by atoms with E-state index in [2.05, 4.69) is 27.2 Å². The number of fused-ring (bicyclic) bond motifs is 2. The van der Waals surface area contributed by atoms with Gasteiger partial charge in [-0.1, -0.05) is 31.2 Å². The number of benzene rings is 2. The van der Waals surface area contributed by atoms with Crippen LogP contribution in [-0.2, 0) is 36.8 Å². The molecule has 1 amide bonds. The standard InChI is InChI=1S/C32H40N8O6/c1-2-10-42-12-14-44-16-17-45-15-13-43-11-9-27(41)35-19-22-3-5-23(6-4-22)20-40-31-28(30(33)36-21-37-31)29(39-40)24-7-8-26-25(18-24)38-32(34)46-26/h3-8,18,21H,2,9-17,19-20H2,1H3,(H2,34,38)(H,35,41)(H2,33,36,37). The summed E-state index contributed by atoms with van der Waals surface area (Å²) in [5.41, 5.74) is 17.2. The van der Waals surface area contributed by atoms with E-state index < -0.39 is 0 Å². The molecule has 0 spiro atoms. The van der Waals surface area contributed by atoms with E-state index in [1.54, 1.807) is 10.7 Å². The summed E-state index contributed by atoms with van der Waals surface area (Å²) in [6.07, 6.45) is 2.70. The Labute approximate surface area is 266 Å². The van der Waals surface area contributed by atoms with Gasteiger partial charge in [0.15, 0.2) is 11.2 Å². The summed E-state index contributed by atoms with van der Waals surface area (Å²) in [6, 6.07) is 13.6. The fourth-order valence-electron chi connectivity index (χ4n) is 4.73. The van der Waals surface area contributed by atoms with Crippen molar-refractivity contribution in [1.82, 2.24) is 30.0 Å². The third-order valence-electron chi connectivity index (χ3n) is 7.02. The van der Waals surface area contributed by atoms with Crippen molar-refractivity contribution < 1.29 is 28.2 Å². The molecule has 14 nitrogen and oxygen atoms in total. The Hall–Kier alpha value is -4.63. The molecule has 14 heteroatoms. The number of amides is 1. The van der Waals surface area contributed by atoms with Crippen molar-refractivity contribution in [3.63, 3.8) is 0 Å². The van der Waals surface area contributed by atoms with E-state index in [9.17, 15) is 4.79 Å². The van der Waals surface area contributed by atoms with E-state index in [1.807, 2.05) is 36.4 Å². The Kier molecular flexibility index (Phi) is 11.8. The fraction of sp³-hybridized carbons (Fsp3) is 0.406. The second-order valence-electron chi connectivity index (χ2n) is 10.5. The van der Waals surface area contributed by atoms with Gasteiger partial charge in [-0.05, 0) is 35.7 Å². The maximum Gasteiger partial charge on any atom is 0.292 e. The Morgan fingerprint density at radius 3 is 2.26 bits per heavy atom. The average molecular weight is 633 g/mol. The van der Waals surface area contributed by atoms with Gasteiger partial charge in [-0.2, -0.15) is 10.1 Å². The third-order valence-corrected chi connectivity index (χ3v) is 7.02. The molecular formula is C32H40N8O6. The van der Waals surface area contributed by atoms with Gasteiger partial charge in [0.2, 0.25) is 5.91 Å². The Bertz CT molecular complexity index is 1700. The molecule has 5 aromatic rings. The zero-order valence-electron chi connectivity index (χ0n) is 25.9. The second kappa shape index (κ2) is 16.6. The molecule has 0 saturated carbocycles. The largest absolute Gasteiger partial charge is 0.424 e. The van der Waals surface area contributed by atoms with Crippen LogP contribution in [0.1, 0.15) is 30.9 Å². The molecule has 0 saturated heterocycles. The molecule has 3 aromatic heterocycles. The predicted octanol–water partition coefficient (Wildman–Crippen LogP) is 3.33. The van der Waals surface area contributed by atoms with Crippen molar-refractivity contribution in [2.24, 2.45) is 0 Å². The highest BCUT2D eigenvalue weighted by Crippen LogP contribution is 2.32. The summed E-state index contributed by atoms with van der Waals surface area (Å²) in [5.74, 6) is 0.254. The number of anilines is 2. The molecule has 0 aliphatic heterocycles. The quantitative estimate of drug-likeness (QED) is 0.113. The van der Waals surface area contributed by atoms with Crippen molar-refractivity contribution in [3.8, 4) is 11.3 Å². The molecule has 3 heterocycles. The van der Waals surface area contributed by atoms with E-state index in [1.165, 1.54) is 6.33 Å². The van der Waals surface area contributed by atoms with Crippen molar-refractivity contribution in [2.45, 2.75) is 32.9 Å². The zero-order valence-corrected chi connectivity index (χ0v) is 25.9. The Morgan fingerprint density at radius 1 is 0.870 bits per heavy atom. The number of nitrogens with zero attached hydrogens (tertiary/aromatic N) is 5. The first-order valence-electron chi connectivity index (χ1n) is 15.3. The molecule has 244 valence electrons. The Morgan fingerprint density at radius 2 is 1.54 bits per heavy atom. The number of ether oxygens (including phenoxy) is 4. The van der Waals surface area contributed by atoms with Crippen LogP contribution in [0.5, 0.6) is 0 Å². The topological polar surface area (TPSA) is 188 Å². The van der Waals surface area contributed by atoms with Crippen molar-refractivity contribution in [1.29, 1.82) is 0 Å². The van der Waals surface area contributed by atoms with Gasteiger partial charge in [-0.3, -0.25) is 4.79 Å². The highest BCUT2D eigenvalue weighted by atomic mass is 16.6. The van der Waals surface area contributed by atoms with Crippen molar-refractivity contribution >= 4 is 39.9 Å². The number of oxazole rings is 1. The minimum Gasteiger partial charge on any atom is -0.424 e. The summed E-state index contributed by atoms with van der Waals surface area (Å²) in [4.78, 5) is 25.1. The Balaban J connectivity index is 1.05. The van der Waals surface area contributed by atoms with Crippen LogP contribution in [0.4, 0.5) is 11.8 Å². The number of carbonyl (C=O) groups excluding carboxylic acids is 1. The van der Waals surface area contributed by atoms with Gasteiger partial charge in [0, 0.05) is 25.1 Å². The lowest BCUT2D eigenvalue weighted by Gasteiger charge is -2.08. The molecule has 5 N–H and O–H groups in total. The van der Waals surface area contributed by atoms with Gasteiger partial charge < -0.3 is 40.1 Å². The molecular weight excluding hydrogens is 592 g/mol. The molecule has 5 rings (SSSR count). The maximum absolute atomic E-state index is 12.3. The van der Waals surface area contributed by atoms with Gasteiger partial charge in [0.05, 0.1) is 58.2 Å². The number of hydrogen-bond donors (Lipinski definition) is 3. The molecule has 2 aromatic carbocycles. The van der Waals surface area contributed by atoms with E-state index in [4.69, 9.17) is 39.9 Å². The lowest BCUT2D eigenvalue weighted by atomic mass is 10.1. The summed E-state index contributed by atoms with van der Waals surface area (Å²) < 4.78 is 28.9. The third kappa shape index (κ3) is 8.97. The van der Waals surface area contributed by atoms with Gasteiger partial charge in [-0.25, -0.2) is 14.6 Å². The van der Waals surface area contributed by atoms with Crippen molar-refractivity contribution in [3.05, 3.63) is 59.9 Å². The summed E-state index contributed by atoms with van der Waals surface area (Å²) in [7, 11) is 0. The highest BCUT2D eigenvalue weighted by molar-refractivity contribution is 5.99. The lowest BCUT2D eigenvalue weighted by molar-refractivity contribution is -0.122. The first kappa shape index (κ1) is 32.8. The van der Waals surface area contributed by atoms with Crippen LogP contribution in [0.25, 0.3) is 33.4 Å². The first-order valence-corrected chi connectivity index (χ1v) is 15.3. The predicted molar refractivity (Wildman–Crippen MR) is 173 cm³/mol.